The Hall–Kier alpha value is -0.350. The first kappa shape index (κ1) is 14.6. The number of halogens is 2. The lowest BCUT2D eigenvalue weighted by Gasteiger charge is -2.24. The van der Waals surface area contributed by atoms with Gasteiger partial charge in [0.1, 0.15) is 0 Å². The number of aromatic nitrogens is 1. The average Bonchev–Trinajstić information content (AvgIpc) is 2.69. The van der Waals surface area contributed by atoms with Crippen molar-refractivity contribution in [2.45, 2.75) is 11.8 Å². The highest BCUT2D eigenvalue weighted by Gasteiger charge is 2.35. The molecular formula is C10H16Cl2N2O. The summed E-state index contributed by atoms with van der Waals surface area (Å²) in [6.45, 7) is 1.98. The van der Waals surface area contributed by atoms with Crippen LogP contribution >= 0.6 is 24.8 Å². The zero-order valence-electron chi connectivity index (χ0n) is 8.35. The molecule has 1 atom stereocenters. The van der Waals surface area contributed by atoms with Crippen LogP contribution in [0, 0.1) is 0 Å². The van der Waals surface area contributed by atoms with Gasteiger partial charge < -0.3 is 10.4 Å². The molecule has 1 aromatic heterocycles. The van der Waals surface area contributed by atoms with E-state index in [4.69, 9.17) is 0 Å². The maximum Gasteiger partial charge on any atom is 0.0555 e. The highest BCUT2D eigenvalue weighted by Crippen LogP contribution is 2.28. The van der Waals surface area contributed by atoms with Crippen molar-refractivity contribution in [1.29, 1.82) is 0 Å². The summed E-state index contributed by atoms with van der Waals surface area (Å²) < 4.78 is 0. The molecule has 1 fully saturated rings. The number of nitrogens with zero attached hydrogens (tertiary/aromatic N) is 1. The fraction of sp³-hybridized carbons (Fsp3) is 0.500. The molecule has 1 aliphatic rings. The van der Waals surface area contributed by atoms with Crippen molar-refractivity contribution in [2.75, 3.05) is 19.7 Å². The van der Waals surface area contributed by atoms with Crippen LogP contribution < -0.4 is 5.32 Å². The third-order valence-electron chi connectivity index (χ3n) is 2.75. The summed E-state index contributed by atoms with van der Waals surface area (Å²) in [5.74, 6) is 0. The molecule has 5 heteroatoms. The van der Waals surface area contributed by atoms with Gasteiger partial charge in [-0.05, 0) is 25.1 Å². The second-order valence-corrected chi connectivity index (χ2v) is 3.58. The number of nitrogens with one attached hydrogen (secondary N) is 1. The predicted octanol–water partition coefficient (Wildman–Crippen LogP) is 1.15. The first-order valence-electron chi connectivity index (χ1n) is 4.60. The summed E-state index contributed by atoms with van der Waals surface area (Å²) in [6, 6.07) is 5.86. The Morgan fingerprint density at radius 3 is 2.67 bits per heavy atom. The second kappa shape index (κ2) is 6.28. The van der Waals surface area contributed by atoms with Crippen LogP contribution in [0.5, 0.6) is 0 Å². The summed E-state index contributed by atoms with van der Waals surface area (Å²) in [5, 5.41) is 12.7. The normalized spacial score (nSPS) is 24.1. The number of rotatable bonds is 2. The Morgan fingerprint density at radius 2 is 2.20 bits per heavy atom. The molecule has 2 heterocycles. The lowest BCUT2D eigenvalue weighted by atomic mass is 9.84. The molecule has 0 spiro atoms. The Labute approximate surface area is 102 Å². The quantitative estimate of drug-likeness (QED) is 0.828. The maximum atomic E-state index is 9.39. The molecule has 0 amide bonds. The Balaban J connectivity index is 0.000000980. The van der Waals surface area contributed by atoms with Gasteiger partial charge in [0.05, 0.1) is 12.3 Å². The monoisotopic (exact) mass is 250 g/mol. The van der Waals surface area contributed by atoms with Crippen LogP contribution in [-0.2, 0) is 5.41 Å². The molecular weight excluding hydrogens is 235 g/mol. The van der Waals surface area contributed by atoms with E-state index in [0.717, 1.165) is 25.2 Å². The molecule has 15 heavy (non-hydrogen) atoms. The molecule has 1 aliphatic heterocycles. The molecule has 2 N–H and O–H groups in total. The first-order valence-corrected chi connectivity index (χ1v) is 4.60. The van der Waals surface area contributed by atoms with Gasteiger partial charge in [-0.3, -0.25) is 4.98 Å². The minimum absolute atomic E-state index is 0. The van der Waals surface area contributed by atoms with Crippen molar-refractivity contribution in [3.05, 3.63) is 30.1 Å². The van der Waals surface area contributed by atoms with E-state index >= 15 is 0 Å². The summed E-state index contributed by atoms with van der Waals surface area (Å²) >= 11 is 0. The fourth-order valence-electron chi connectivity index (χ4n) is 1.85. The number of aliphatic hydroxyl groups is 1. The van der Waals surface area contributed by atoms with Crippen molar-refractivity contribution in [3.8, 4) is 0 Å². The van der Waals surface area contributed by atoms with E-state index in [-0.39, 0.29) is 36.8 Å². The van der Waals surface area contributed by atoms with Crippen molar-refractivity contribution in [2.24, 2.45) is 0 Å². The molecule has 1 saturated heterocycles. The molecule has 2 rings (SSSR count). The van der Waals surface area contributed by atoms with Crippen LogP contribution in [0.15, 0.2) is 24.4 Å². The van der Waals surface area contributed by atoms with E-state index in [9.17, 15) is 5.11 Å². The Morgan fingerprint density at radius 1 is 1.40 bits per heavy atom. The number of hydrogen-bond donors (Lipinski definition) is 2. The molecule has 3 nitrogen and oxygen atoms in total. The van der Waals surface area contributed by atoms with E-state index in [1.54, 1.807) is 6.20 Å². The van der Waals surface area contributed by atoms with Gasteiger partial charge in [0.25, 0.3) is 0 Å². The van der Waals surface area contributed by atoms with Gasteiger partial charge in [0.15, 0.2) is 0 Å². The second-order valence-electron chi connectivity index (χ2n) is 3.58. The van der Waals surface area contributed by atoms with Crippen LogP contribution in [0.3, 0.4) is 0 Å². The van der Waals surface area contributed by atoms with E-state index in [0.29, 0.717) is 0 Å². The SMILES string of the molecule is Cl.Cl.OCC1(c2ccccn2)CCNC1. The maximum absolute atomic E-state index is 9.39. The van der Waals surface area contributed by atoms with Gasteiger partial charge in [-0.2, -0.15) is 0 Å². The van der Waals surface area contributed by atoms with Gasteiger partial charge in [-0.25, -0.2) is 0 Å². The van der Waals surface area contributed by atoms with Crippen LogP contribution in [0.2, 0.25) is 0 Å². The summed E-state index contributed by atoms with van der Waals surface area (Å²) in [7, 11) is 0. The van der Waals surface area contributed by atoms with Crippen molar-refractivity contribution in [3.63, 3.8) is 0 Å². The highest BCUT2D eigenvalue weighted by atomic mass is 35.5. The molecule has 0 aliphatic carbocycles. The Kier molecular flexibility index (Phi) is 6.13. The van der Waals surface area contributed by atoms with Crippen molar-refractivity contribution in [1.82, 2.24) is 10.3 Å². The van der Waals surface area contributed by atoms with E-state index in [2.05, 4.69) is 10.3 Å². The first-order chi connectivity index (χ1) is 6.37. The average molecular weight is 251 g/mol. The number of aliphatic hydroxyl groups excluding tert-OH is 1. The lowest BCUT2D eigenvalue weighted by Crippen LogP contribution is -2.33. The van der Waals surface area contributed by atoms with Gasteiger partial charge in [0, 0.05) is 18.2 Å². The molecule has 0 saturated carbocycles. The summed E-state index contributed by atoms with van der Waals surface area (Å²) in [6.07, 6.45) is 2.76. The third-order valence-corrected chi connectivity index (χ3v) is 2.75. The Bertz CT molecular complexity index is 276. The minimum atomic E-state index is -0.138. The topological polar surface area (TPSA) is 45.2 Å². The summed E-state index contributed by atoms with van der Waals surface area (Å²) in [5.41, 5.74) is 0.865. The number of pyridine rings is 1. The molecule has 1 aromatic rings. The zero-order valence-corrected chi connectivity index (χ0v) is 9.98. The van der Waals surface area contributed by atoms with Crippen LogP contribution in [0.1, 0.15) is 12.1 Å². The standard InChI is InChI=1S/C10H14N2O.2ClH/c13-8-10(4-6-11-7-10)9-3-1-2-5-12-9;;/h1-3,5,11,13H,4,6-8H2;2*1H. The zero-order chi connectivity index (χ0) is 9.15. The minimum Gasteiger partial charge on any atom is -0.395 e. The molecule has 1 unspecified atom stereocenters. The van der Waals surface area contributed by atoms with Gasteiger partial charge in [0.2, 0.25) is 0 Å². The van der Waals surface area contributed by atoms with Crippen molar-refractivity contribution < 1.29 is 5.11 Å². The summed E-state index contributed by atoms with van der Waals surface area (Å²) in [4.78, 5) is 4.30. The van der Waals surface area contributed by atoms with Gasteiger partial charge in [-0.15, -0.1) is 24.8 Å². The number of hydrogen-bond acceptors (Lipinski definition) is 3. The molecule has 86 valence electrons. The predicted molar refractivity (Wildman–Crippen MR) is 65.0 cm³/mol. The van der Waals surface area contributed by atoms with Crippen LogP contribution in [0.25, 0.3) is 0 Å². The lowest BCUT2D eigenvalue weighted by molar-refractivity contribution is 0.202. The van der Waals surface area contributed by atoms with E-state index in [1.807, 2.05) is 18.2 Å². The largest absolute Gasteiger partial charge is 0.395 e. The molecule has 0 radical (unpaired) electrons. The van der Waals surface area contributed by atoms with E-state index < -0.39 is 0 Å². The van der Waals surface area contributed by atoms with Gasteiger partial charge >= 0.3 is 0 Å². The van der Waals surface area contributed by atoms with Crippen LogP contribution in [-0.4, -0.2) is 29.8 Å². The fourth-order valence-corrected chi connectivity index (χ4v) is 1.85. The van der Waals surface area contributed by atoms with Crippen molar-refractivity contribution >= 4 is 24.8 Å². The smallest absolute Gasteiger partial charge is 0.0555 e. The van der Waals surface area contributed by atoms with Gasteiger partial charge in [-0.1, -0.05) is 6.07 Å². The molecule has 0 bridgehead atoms. The highest BCUT2D eigenvalue weighted by molar-refractivity contribution is 5.85. The molecule has 0 aromatic carbocycles. The van der Waals surface area contributed by atoms with E-state index in [1.165, 1.54) is 0 Å². The van der Waals surface area contributed by atoms with Crippen LogP contribution in [0.4, 0.5) is 0 Å². The third kappa shape index (κ3) is 2.82.